The van der Waals surface area contributed by atoms with Crippen molar-refractivity contribution >= 4 is 6.09 Å². The molecule has 2 fully saturated rings. The first-order chi connectivity index (χ1) is 11.7. The minimum Gasteiger partial charge on any atom is -0.480 e. The molecule has 2 aliphatic rings. The number of aromatic nitrogens is 2. The number of fused-ring (bicyclic) bond motifs is 2. The summed E-state index contributed by atoms with van der Waals surface area (Å²) < 4.78 is 16.1. The molecule has 8 heteroatoms. The molecule has 2 bridgehead atoms. The lowest BCUT2D eigenvalue weighted by Crippen LogP contribution is -2.63. The second kappa shape index (κ2) is 6.42. The van der Waals surface area contributed by atoms with Crippen molar-refractivity contribution in [3.05, 3.63) is 17.8 Å². The Morgan fingerprint density at radius 1 is 1.28 bits per heavy atom. The molecule has 0 radical (unpaired) electrons. The Kier molecular flexibility index (Phi) is 4.59. The molecule has 2 unspecified atom stereocenters. The number of hydrogen-bond donors (Lipinski definition) is 1. The van der Waals surface area contributed by atoms with Gasteiger partial charge in [-0.25, -0.2) is 4.79 Å². The highest BCUT2D eigenvalue weighted by Crippen LogP contribution is 2.40. The van der Waals surface area contributed by atoms with Crippen LogP contribution in [0.1, 0.15) is 39.3 Å². The third-order valence-electron chi connectivity index (χ3n) is 4.48. The molecular formula is C17H25N3O5. The average molecular weight is 351 g/mol. The van der Waals surface area contributed by atoms with E-state index in [1.165, 1.54) is 7.11 Å². The summed E-state index contributed by atoms with van der Waals surface area (Å²) in [6.45, 7) is 6.24. The minimum absolute atomic E-state index is 0.267. The van der Waals surface area contributed by atoms with Crippen LogP contribution in [0.4, 0.5) is 4.79 Å². The number of methoxy groups -OCH3 is 1. The van der Waals surface area contributed by atoms with Crippen molar-refractivity contribution in [1.29, 1.82) is 0 Å². The Morgan fingerprint density at radius 3 is 2.40 bits per heavy atom. The number of morpholine rings is 1. The van der Waals surface area contributed by atoms with E-state index in [1.54, 1.807) is 17.0 Å². The van der Waals surface area contributed by atoms with E-state index in [9.17, 15) is 9.90 Å². The summed E-state index contributed by atoms with van der Waals surface area (Å²) in [7, 11) is 1.51. The van der Waals surface area contributed by atoms with E-state index in [-0.39, 0.29) is 18.2 Å². The Morgan fingerprint density at radius 2 is 1.92 bits per heavy atom. The first kappa shape index (κ1) is 17.9. The minimum atomic E-state index is -1.16. The van der Waals surface area contributed by atoms with Crippen molar-refractivity contribution in [3.8, 4) is 5.88 Å². The first-order valence-corrected chi connectivity index (χ1v) is 8.41. The molecule has 8 nitrogen and oxygen atoms in total. The Balaban J connectivity index is 1.81. The number of hydrogen-bond acceptors (Lipinski definition) is 7. The molecule has 0 saturated carbocycles. The van der Waals surface area contributed by atoms with Crippen LogP contribution in [0.15, 0.2) is 12.1 Å². The number of amides is 1. The van der Waals surface area contributed by atoms with Crippen LogP contribution in [-0.4, -0.2) is 64.3 Å². The summed E-state index contributed by atoms with van der Waals surface area (Å²) in [6.07, 6.45) is 0.279. The maximum atomic E-state index is 12.6. The SMILES string of the molecule is COc1ccc(C2(O)CC3COCC(C2)N3C(=O)OC(C)(C)C)nn1. The van der Waals surface area contributed by atoms with Crippen LogP contribution in [0.25, 0.3) is 0 Å². The van der Waals surface area contributed by atoms with Crippen LogP contribution in [0, 0.1) is 0 Å². The lowest BCUT2D eigenvalue weighted by molar-refractivity contribution is -0.142. The van der Waals surface area contributed by atoms with Gasteiger partial charge in [-0.2, -0.15) is 0 Å². The predicted molar refractivity (Wildman–Crippen MR) is 88.2 cm³/mol. The summed E-state index contributed by atoms with van der Waals surface area (Å²) >= 11 is 0. The molecule has 1 amide bonds. The maximum absolute atomic E-state index is 12.6. The van der Waals surface area contributed by atoms with Gasteiger partial charge in [-0.1, -0.05) is 0 Å². The van der Waals surface area contributed by atoms with Gasteiger partial charge in [-0.15, -0.1) is 10.2 Å². The molecule has 1 aromatic heterocycles. The summed E-state index contributed by atoms with van der Waals surface area (Å²) in [5.41, 5.74) is -1.24. The van der Waals surface area contributed by atoms with E-state index in [2.05, 4.69) is 10.2 Å². The van der Waals surface area contributed by atoms with Gasteiger partial charge in [0.1, 0.15) is 11.2 Å². The number of rotatable bonds is 2. The maximum Gasteiger partial charge on any atom is 0.410 e. The molecule has 0 aliphatic carbocycles. The van der Waals surface area contributed by atoms with Gasteiger partial charge in [-0.3, -0.25) is 4.90 Å². The second-order valence-electron chi connectivity index (χ2n) is 7.63. The number of ether oxygens (including phenoxy) is 3. The predicted octanol–water partition coefficient (Wildman–Crippen LogP) is 1.47. The fourth-order valence-electron chi connectivity index (χ4n) is 3.48. The third kappa shape index (κ3) is 3.69. The van der Waals surface area contributed by atoms with E-state index in [0.29, 0.717) is 37.6 Å². The molecule has 0 spiro atoms. The molecule has 3 heterocycles. The molecule has 0 aromatic carbocycles. The summed E-state index contributed by atoms with van der Waals surface area (Å²) in [4.78, 5) is 14.3. The van der Waals surface area contributed by atoms with Crippen LogP contribution < -0.4 is 4.74 Å². The van der Waals surface area contributed by atoms with Crippen molar-refractivity contribution in [2.45, 2.75) is 56.9 Å². The molecule has 1 N–H and O–H groups in total. The van der Waals surface area contributed by atoms with Crippen molar-refractivity contribution in [1.82, 2.24) is 15.1 Å². The molecule has 2 saturated heterocycles. The van der Waals surface area contributed by atoms with E-state index in [0.717, 1.165) is 0 Å². The Labute approximate surface area is 147 Å². The van der Waals surface area contributed by atoms with Crippen molar-refractivity contribution in [3.63, 3.8) is 0 Å². The molecule has 2 aliphatic heterocycles. The number of piperidine rings is 1. The van der Waals surface area contributed by atoms with Gasteiger partial charge in [0.25, 0.3) is 0 Å². The fourth-order valence-corrected chi connectivity index (χ4v) is 3.48. The normalized spacial score (nSPS) is 29.2. The van der Waals surface area contributed by atoms with Crippen LogP contribution in [-0.2, 0) is 15.1 Å². The number of carbonyl (C=O) groups is 1. The zero-order chi connectivity index (χ0) is 18.2. The van der Waals surface area contributed by atoms with Crippen molar-refractivity contribution in [2.75, 3.05) is 20.3 Å². The average Bonchev–Trinajstić information content (AvgIpc) is 2.52. The van der Waals surface area contributed by atoms with Gasteiger partial charge in [0, 0.05) is 18.9 Å². The fraction of sp³-hybridized carbons (Fsp3) is 0.706. The molecular weight excluding hydrogens is 326 g/mol. The van der Waals surface area contributed by atoms with Gasteiger partial charge in [0.2, 0.25) is 5.88 Å². The largest absolute Gasteiger partial charge is 0.480 e. The van der Waals surface area contributed by atoms with Crippen LogP contribution >= 0.6 is 0 Å². The van der Waals surface area contributed by atoms with E-state index >= 15 is 0 Å². The highest BCUT2D eigenvalue weighted by molar-refractivity contribution is 5.69. The monoisotopic (exact) mass is 351 g/mol. The van der Waals surface area contributed by atoms with E-state index < -0.39 is 11.2 Å². The quantitative estimate of drug-likeness (QED) is 0.862. The zero-order valence-electron chi connectivity index (χ0n) is 15.1. The number of nitrogens with zero attached hydrogens (tertiary/aromatic N) is 3. The first-order valence-electron chi connectivity index (χ1n) is 8.41. The van der Waals surface area contributed by atoms with E-state index in [1.807, 2.05) is 20.8 Å². The second-order valence-corrected chi connectivity index (χ2v) is 7.63. The van der Waals surface area contributed by atoms with Crippen molar-refractivity contribution in [2.24, 2.45) is 0 Å². The van der Waals surface area contributed by atoms with Crippen LogP contribution in [0.3, 0.4) is 0 Å². The summed E-state index contributed by atoms with van der Waals surface area (Å²) in [6, 6.07) is 2.85. The highest BCUT2D eigenvalue weighted by atomic mass is 16.6. The number of aliphatic hydroxyl groups is 1. The molecule has 2 atom stereocenters. The van der Waals surface area contributed by atoms with Gasteiger partial charge < -0.3 is 19.3 Å². The molecule has 25 heavy (non-hydrogen) atoms. The molecule has 138 valence electrons. The Hall–Kier alpha value is -1.93. The van der Waals surface area contributed by atoms with Gasteiger partial charge in [0.05, 0.1) is 38.1 Å². The lowest BCUT2D eigenvalue weighted by Gasteiger charge is -2.50. The van der Waals surface area contributed by atoms with Crippen LogP contribution in [0.2, 0.25) is 0 Å². The van der Waals surface area contributed by atoms with E-state index in [4.69, 9.17) is 14.2 Å². The Bertz CT molecular complexity index is 614. The lowest BCUT2D eigenvalue weighted by atomic mass is 9.79. The van der Waals surface area contributed by atoms with Crippen molar-refractivity contribution < 1.29 is 24.1 Å². The zero-order valence-corrected chi connectivity index (χ0v) is 15.1. The summed E-state index contributed by atoms with van der Waals surface area (Å²) in [5, 5.41) is 19.2. The van der Waals surface area contributed by atoms with Crippen LogP contribution in [0.5, 0.6) is 5.88 Å². The van der Waals surface area contributed by atoms with Gasteiger partial charge in [-0.05, 0) is 26.8 Å². The van der Waals surface area contributed by atoms with Gasteiger partial charge >= 0.3 is 6.09 Å². The smallest absolute Gasteiger partial charge is 0.410 e. The molecule has 3 rings (SSSR count). The highest BCUT2D eigenvalue weighted by Gasteiger charge is 2.50. The molecule has 1 aromatic rings. The standard InChI is InChI=1S/C17H25N3O5/c1-16(2,3)25-15(21)20-11-7-17(22,8-12(20)10-24-9-11)13-5-6-14(23-4)19-18-13/h5-6,11-12,22H,7-10H2,1-4H3. The van der Waals surface area contributed by atoms with Gasteiger partial charge in [0.15, 0.2) is 0 Å². The topological polar surface area (TPSA) is 94.0 Å². The number of carbonyl (C=O) groups excluding carboxylic acids is 1. The summed E-state index contributed by atoms with van der Waals surface area (Å²) in [5.74, 6) is 0.391. The third-order valence-corrected chi connectivity index (χ3v) is 4.48.